The Hall–Kier alpha value is -1.60. The zero-order valence-corrected chi connectivity index (χ0v) is 15.8. The summed E-state index contributed by atoms with van der Waals surface area (Å²) in [4.78, 5) is 27.7. The molecule has 7 heteroatoms. The van der Waals surface area contributed by atoms with Gasteiger partial charge in [-0.3, -0.25) is 9.69 Å². The van der Waals surface area contributed by atoms with Gasteiger partial charge in [-0.2, -0.15) is 0 Å². The average molecular weight is 398 g/mol. The van der Waals surface area contributed by atoms with Crippen molar-refractivity contribution in [3.05, 3.63) is 28.2 Å². The number of rotatable bonds is 5. The molecule has 0 unspecified atom stereocenters. The molecule has 132 valence electrons. The molecule has 1 fully saturated rings. The second kappa shape index (κ2) is 9.03. The Balaban J connectivity index is 1.72. The predicted molar refractivity (Wildman–Crippen MR) is 97.2 cm³/mol. The molecule has 2 rings (SSSR count). The molecular formula is C17H24BrN3O3. The molecule has 0 atom stereocenters. The summed E-state index contributed by atoms with van der Waals surface area (Å²) in [5.74, 6) is -0.00706. The molecule has 0 radical (unpaired) electrons. The highest BCUT2D eigenvalue weighted by atomic mass is 79.9. The number of benzene rings is 1. The third-order valence-corrected chi connectivity index (χ3v) is 4.61. The monoisotopic (exact) mass is 397 g/mol. The van der Waals surface area contributed by atoms with Crippen molar-refractivity contribution >= 4 is 33.6 Å². The van der Waals surface area contributed by atoms with Crippen LogP contribution in [0.4, 0.5) is 10.5 Å². The van der Waals surface area contributed by atoms with Gasteiger partial charge in [0.05, 0.1) is 12.3 Å². The molecule has 1 saturated heterocycles. The van der Waals surface area contributed by atoms with Gasteiger partial charge in [0, 0.05) is 43.6 Å². The van der Waals surface area contributed by atoms with Gasteiger partial charge in [0.15, 0.2) is 0 Å². The van der Waals surface area contributed by atoms with E-state index in [1.54, 1.807) is 11.8 Å². The Morgan fingerprint density at radius 2 is 1.96 bits per heavy atom. The summed E-state index contributed by atoms with van der Waals surface area (Å²) in [5.41, 5.74) is 1.93. The van der Waals surface area contributed by atoms with Crippen molar-refractivity contribution in [2.75, 3.05) is 44.6 Å². The van der Waals surface area contributed by atoms with Crippen LogP contribution in [0.25, 0.3) is 0 Å². The normalized spacial score (nSPS) is 15.2. The molecule has 0 saturated carbocycles. The van der Waals surface area contributed by atoms with Gasteiger partial charge in [0.25, 0.3) is 0 Å². The van der Waals surface area contributed by atoms with E-state index in [1.165, 1.54) is 0 Å². The molecular weight excluding hydrogens is 374 g/mol. The standard InChI is InChI=1S/C17H24BrN3O3/c1-3-24-17(23)21-10-8-20(9-11-21)7-6-16(22)19-15-5-4-13(2)12-14(15)18/h4-5,12H,3,6-11H2,1-2H3,(H,19,22). The van der Waals surface area contributed by atoms with Gasteiger partial charge in [-0.25, -0.2) is 4.79 Å². The quantitative estimate of drug-likeness (QED) is 0.829. The van der Waals surface area contributed by atoms with Gasteiger partial charge in [-0.15, -0.1) is 0 Å². The SMILES string of the molecule is CCOC(=O)N1CCN(CCC(=O)Nc2ccc(C)cc2Br)CC1. The Labute approximate surface area is 151 Å². The lowest BCUT2D eigenvalue weighted by atomic mass is 10.2. The van der Waals surface area contributed by atoms with Crippen LogP contribution < -0.4 is 5.32 Å². The molecule has 6 nitrogen and oxygen atoms in total. The molecule has 1 N–H and O–H groups in total. The summed E-state index contributed by atoms with van der Waals surface area (Å²) in [5, 5.41) is 2.92. The van der Waals surface area contributed by atoms with Crippen molar-refractivity contribution < 1.29 is 14.3 Å². The van der Waals surface area contributed by atoms with E-state index in [4.69, 9.17) is 4.74 Å². The van der Waals surface area contributed by atoms with E-state index in [2.05, 4.69) is 26.1 Å². The summed E-state index contributed by atoms with van der Waals surface area (Å²) in [6.07, 6.45) is 0.179. The largest absolute Gasteiger partial charge is 0.450 e. The maximum absolute atomic E-state index is 12.1. The first kappa shape index (κ1) is 18.7. The molecule has 0 aromatic heterocycles. The van der Waals surface area contributed by atoms with Crippen LogP contribution in [0.3, 0.4) is 0 Å². The summed E-state index contributed by atoms with van der Waals surface area (Å²) in [6, 6.07) is 5.84. The van der Waals surface area contributed by atoms with Crippen LogP contribution in [0.1, 0.15) is 18.9 Å². The molecule has 1 heterocycles. The fourth-order valence-corrected chi connectivity index (χ4v) is 3.16. The Morgan fingerprint density at radius 1 is 1.25 bits per heavy atom. The fourth-order valence-electron chi connectivity index (χ4n) is 2.56. The number of halogens is 1. The minimum Gasteiger partial charge on any atom is -0.450 e. The molecule has 0 bridgehead atoms. The maximum Gasteiger partial charge on any atom is 0.409 e. The zero-order chi connectivity index (χ0) is 17.5. The molecule has 1 aliphatic rings. The highest BCUT2D eigenvalue weighted by Gasteiger charge is 2.22. The maximum atomic E-state index is 12.1. The number of anilines is 1. The van der Waals surface area contributed by atoms with Gasteiger partial charge in [0.1, 0.15) is 0 Å². The molecule has 0 spiro atoms. The van der Waals surface area contributed by atoms with Crippen LogP contribution in [0.5, 0.6) is 0 Å². The lowest BCUT2D eigenvalue weighted by Crippen LogP contribution is -2.49. The van der Waals surface area contributed by atoms with Crippen molar-refractivity contribution in [1.29, 1.82) is 0 Å². The van der Waals surface area contributed by atoms with Crippen LogP contribution in [-0.4, -0.2) is 61.1 Å². The highest BCUT2D eigenvalue weighted by molar-refractivity contribution is 9.10. The smallest absolute Gasteiger partial charge is 0.409 e. The van der Waals surface area contributed by atoms with Crippen LogP contribution in [0, 0.1) is 6.92 Å². The number of hydrogen-bond acceptors (Lipinski definition) is 4. The van der Waals surface area contributed by atoms with Gasteiger partial charge in [-0.05, 0) is 47.5 Å². The highest BCUT2D eigenvalue weighted by Crippen LogP contribution is 2.23. The van der Waals surface area contributed by atoms with E-state index < -0.39 is 0 Å². The lowest BCUT2D eigenvalue weighted by Gasteiger charge is -2.33. The number of hydrogen-bond donors (Lipinski definition) is 1. The number of amides is 2. The molecule has 2 amide bonds. The Kier molecular flexibility index (Phi) is 7.05. The van der Waals surface area contributed by atoms with Crippen molar-refractivity contribution in [2.24, 2.45) is 0 Å². The first-order valence-corrected chi connectivity index (χ1v) is 8.99. The minimum atomic E-state index is -0.251. The van der Waals surface area contributed by atoms with Crippen molar-refractivity contribution in [3.8, 4) is 0 Å². The molecule has 1 aliphatic heterocycles. The van der Waals surface area contributed by atoms with Crippen LogP contribution in [0.2, 0.25) is 0 Å². The first-order chi connectivity index (χ1) is 11.5. The van der Waals surface area contributed by atoms with Crippen molar-refractivity contribution in [1.82, 2.24) is 9.80 Å². The number of aryl methyl sites for hydroxylation is 1. The van der Waals surface area contributed by atoms with Crippen LogP contribution >= 0.6 is 15.9 Å². The topological polar surface area (TPSA) is 61.9 Å². The third kappa shape index (κ3) is 5.49. The van der Waals surface area contributed by atoms with Gasteiger partial charge in [0.2, 0.25) is 5.91 Å². The lowest BCUT2D eigenvalue weighted by molar-refractivity contribution is -0.116. The first-order valence-electron chi connectivity index (χ1n) is 8.19. The summed E-state index contributed by atoms with van der Waals surface area (Å²) >= 11 is 3.46. The second-order valence-corrected chi connectivity index (χ2v) is 6.66. The van der Waals surface area contributed by atoms with E-state index in [1.807, 2.05) is 25.1 Å². The number of carbonyl (C=O) groups is 2. The number of nitrogens with one attached hydrogen (secondary N) is 1. The summed E-state index contributed by atoms with van der Waals surface area (Å²) in [7, 11) is 0. The Bertz CT molecular complexity index is 586. The summed E-state index contributed by atoms with van der Waals surface area (Å²) < 4.78 is 5.89. The second-order valence-electron chi connectivity index (χ2n) is 5.81. The van der Waals surface area contributed by atoms with Gasteiger partial charge >= 0.3 is 6.09 Å². The van der Waals surface area contributed by atoms with Crippen molar-refractivity contribution in [2.45, 2.75) is 20.3 Å². The van der Waals surface area contributed by atoms with Crippen LogP contribution in [-0.2, 0) is 9.53 Å². The third-order valence-electron chi connectivity index (χ3n) is 3.95. The number of nitrogens with zero attached hydrogens (tertiary/aromatic N) is 2. The van der Waals surface area contributed by atoms with Crippen LogP contribution in [0.15, 0.2) is 22.7 Å². The number of piperazine rings is 1. The van der Waals surface area contributed by atoms with E-state index in [-0.39, 0.29) is 12.0 Å². The Morgan fingerprint density at radius 3 is 2.58 bits per heavy atom. The average Bonchev–Trinajstić information content (AvgIpc) is 2.56. The van der Waals surface area contributed by atoms with E-state index in [0.29, 0.717) is 32.7 Å². The van der Waals surface area contributed by atoms with Gasteiger partial charge in [-0.1, -0.05) is 6.07 Å². The summed E-state index contributed by atoms with van der Waals surface area (Å²) in [6.45, 7) is 7.71. The molecule has 0 aliphatic carbocycles. The molecule has 24 heavy (non-hydrogen) atoms. The minimum absolute atomic E-state index is 0.00706. The van der Waals surface area contributed by atoms with E-state index in [9.17, 15) is 9.59 Å². The number of ether oxygens (including phenoxy) is 1. The number of carbonyl (C=O) groups excluding carboxylic acids is 2. The van der Waals surface area contributed by atoms with Gasteiger partial charge < -0.3 is 15.0 Å². The van der Waals surface area contributed by atoms with E-state index >= 15 is 0 Å². The van der Waals surface area contributed by atoms with E-state index in [0.717, 1.165) is 28.8 Å². The fraction of sp³-hybridized carbons (Fsp3) is 0.529. The molecule has 1 aromatic carbocycles. The predicted octanol–water partition coefficient (Wildman–Crippen LogP) is 2.86. The van der Waals surface area contributed by atoms with Crippen molar-refractivity contribution in [3.63, 3.8) is 0 Å². The molecule has 1 aromatic rings. The zero-order valence-electron chi connectivity index (χ0n) is 14.2.